The number of unbranched alkanes of at least 4 members (excludes halogenated alkanes) is 13. The van der Waals surface area contributed by atoms with E-state index in [1.165, 1.54) is 122 Å². The summed E-state index contributed by atoms with van der Waals surface area (Å²) in [6, 6.07) is 0. The zero-order chi connectivity index (χ0) is 33.9. The van der Waals surface area contributed by atoms with Gasteiger partial charge in [0.25, 0.3) is 0 Å². The summed E-state index contributed by atoms with van der Waals surface area (Å²) in [7, 11) is 0. The van der Waals surface area contributed by atoms with Crippen molar-refractivity contribution in [3.8, 4) is 0 Å². The van der Waals surface area contributed by atoms with Crippen molar-refractivity contribution < 1.29 is 24.2 Å². The number of hydrogen-bond acceptors (Lipinski definition) is 6. The first-order valence-corrected chi connectivity index (χ1v) is 20.8. The molecular formula is C41H79NO5. The van der Waals surface area contributed by atoms with Gasteiger partial charge in [-0.1, -0.05) is 142 Å². The van der Waals surface area contributed by atoms with Crippen LogP contribution in [0.15, 0.2) is 0 Å². The van der Waals surface area contributed by atoms with Crippen LogP contribution in [0.5, 0.6) is 0 Å². The molecule has 1 fully saturated rings. The SMILES string of the molecule is CCCCCCCCOC(=O)CCCCCCCN(CCO)CCCCCCCC(=O)OC1CCCCCCCCCCCCCC1. The monoisotopic (exact) mass is 666 g/mol. The van der Waals surface area contributed by atoms with Crippen molar-refractivity contribution in [1.29, 1.82) is 0 Å². The maximum absolute atomic E-state index is 12.6. The molecule has 0 aromatic carbocycles. The Morgan fingerprint density at radius 2 is 0.957 bits per heavy atom. The topological polar surface area (TPSA) is 76.1 Å². The largest absolute Gasteiger partial charge is 0.466 e. The molecule has 47 heavy (non-hydrogen) atoms. The predicted molar refractivity (Wildman–Crippen MR) is 198 cm³/mol. The van der Waals surface area contributed by atoms with Crippen LogP contribution >= 0.6 is 0 Å². The lowest BCUT2D eigenvalue weighted by Crippen LogP contribution is -2.29. The zero-order valence-corrected chi connectivity index (χ0v) is 31.3. The van der Waals surface area contributed by atoms with Gasteiger partial charge >= 0.3 is 11.9 Å². The van der Waals surface area contributed by atoms with Gasteiger partial charge in [-0.3, -0.25) is 9.59 Å². The lowest BCUT2D eigenvalue weighted by atomic mass is 10.0. The van der Waals surface area contributed by atoms with Gasteiger partial charge in [0.15, 0.2) is 0 Å². The summed E-state index contributed by atoms with van der Waals surface area (Å²) < 4.78 is 11.4. The minimum atomic E-state index is -0.0326. The summed E-state index contributed by atoms with van der Waals surface area (Å²) in [5.74, 6) is -0.0136. The van der Waals surface area contributed by atoms with Gasteiger partial charge < -0.3 is 19.5 Å². The molecule has 0 amide bonds. The lowest BCUT2D eigenvalue weighted by Gasteiger charge is -2.21. The van der Waals surface area contributed by atoms with Crippen molar-refractivity contribution in [3.05, 3.63) is 0 Å². The Morgan fingerprint density at radius 1 is 0.532 bits per heavy atom. The van der Waals surface area contributed by atoms with Gasteiger partial charge in [-0.2, -0.15) is 0 Å². The first-order valence-electron chi connectivity index (χ1n) is 20.8. The number of aliphatic hydroxyl groups excluding tert-OH is 1. The summed E-state index contributed by atoms with van der Waals surface area (Å²) in [5, 5.41) is 9.51. The van der Waals surface area contributed by atoms with E-state index in [1.807, 2.05) is 0 Å². The van der Waals surface area contributed by atoms with Crippen LogP contribution in [-0.4, -0.2) is 60.9 Å². The summed E-state index contributed by atoms with van der Waals surface area (Å²) in [4.78, 5) is 26.9. The molecule has 0 spiro atoms. The Balaban J connectivity index is 2.04. The Bertz CT molecular complexity index is 671. The molecule has 1 saturated carbocycles. The predicted octanol–water partition coefficient (Wildman–Crippen LogP) is 11.3. The number of carbonyl (C=O) groups is 2. The zero-order valence-electron chi connectivity index (χ0n) is 31.3. The molecule has 1 rings (SSSR count). The lowest BCUT2D eigenvalue weighted by molar-refractivity contribution is -0.150. The minimum absolute atomic E-state index is 0.0190. The molecule has 0 unspecified atom stereocenters. The van der Waals surface area contributed by atoms with Gasteiger partial charge in [0.1, 0.15) is 6.10 Å². The summed E-state index contributed by atoms with van der Waals surface area (Å²) in [6.07, 6.45) is 37.5. The van der Waals surface area contributed by atoms with E-state index in [-0.39, 0.29) is 24.6 Å². The van der Waals surface area contributed by atoms with Crippen LogP contribution in [0, 0.1) is 0 Å². The molecule has 0 aliphatic heterocycles. The average Bonchev–Trinajstić information content (AvgIpc) is 3.07. The molecule has 1 aliphatic carbocycles. The van der Waals surface area contributed by atoms with Crippen LogP contribution in [0.1, 0.15) is 212 Å². The first kappa shape index (κ1) is 43.9. The molecule has 6 nitrogen and oxygen atoms in total. The fourth-order valence-corrected chi connectivity index (χ4v) is 6.91. The normalized spacial score (nSPS) is 16.1. The molecule has 0 atom stereocenters. The van der Waals surface area contributed by atoms with E-state index in [4.69, 9.17) is 9.47 Å². The number of aliphatic hydroxyl groups is 1. The number of hydrogen-bond donors (Lipinski definition) is 1. The van der Waals surface area contributed by atoms with Gasteiger partial charge in [0.05, 0.1) is 13.2 Å². The third-order valence-corrected chi connectivity index (χ3v) is 9.99. The highest BCUT2D eigenvalue weighted by Gasteiger charge is 2.14. The van der Waals surface area contributed by atoms with Gasteiger partial charge in [0.2, 0.25) is 0 Å². The number of ether oxygens (including phenoxy) is 2. The molecule has 0 aromatic rings. The van der Waals surface area contributed by atoms with E-state index in [0.717, 1.165) is 90.3 Å². The summed E-state index contributed by atoms with van der Waals surface area (Å²) >= 11 is 0. The molecule has 1 N–H and O–H groups in total. The Hall–Kier alpha value is -1.14. The average molecular weight is 666 g/mol. The first-order chi connectivity index (χ1) is 23.2. The molecule has 0 aromatic heterocycles. The molecule has 0 radical (unpaired) electrons. The highest BCUT2D eigenvalue weighted by molar-refractivity contribution is 5.69. The van der Waals surface area contributed by atoms with Crippen molar-refractivity contribution in [3.63, 3.8) is 0 Å². The Labute approximate surface area is 291 Å². The fourth-order valence-electron chi connectivity index (χ4n) is 6.91. The quantitative estimate of drug-likeness (QED) is 0.0732. The smallest absolute Gasteiger partial charge is 0.306 e. The summed E-state index contributed by atoms with van der Waals surface area (Å²) in [5.41, 5.74) is 0. The fraction of sp³-hybridized carbons (Fsp3) is 0.951. The van der Waals surface area contributed by atoms with Crippen LogP contribution in [-0.2, 0) is 19.1 Å². The number of esters is 2. The van der Waals surface area contributed by atoms with Crippen LogP contribution in [0.25, 0.3) is 0 Å². The van der Waals surface area contributed by atoms with E-state index in [1.54, 1.807) is 0 Å². The highest BCUT2D eigenvalue weighted by Crippen LogP contribution is 2.20. The van der Waals surface area contributed by atoms with Crippen molar-refractivity contribution in [2.45, 2.75) is 218 Å². The highest BCUT2D eigenvalue weighted by atomic mass is 16.5. The number of nitrogens with zero attached hydrogens (tertiary/aromatic N) is 1. The van der Waals surface area contributed by atoms with Crippen molar-refractivity contribution in [2.24, 2.45) is 0 Å². The van der Waals surface area contributed by atoms with Crippen LogP contribution < -0.4 is 0 Å². The van der Waals surface area contributed by atoms with E-state index in [0.29, 0.717) is 19.4 Å². The van der Waals surface area contributed by atoms with Crippen molar-refractivity contribution >= 4 is 11.9 Å². The molecule has 6 heteroatoms. The van der Waals surface area contributed by atoms with Crippen LogP contribution in [0.4, 0.5) is 0 Å². The molecule has 1 aliphatic rings. The molecule has 0 heterocycles. The molecular weight excluding hydrogens is 586 g/mol. The second-order valence-electron chi connectivity index (χ2n) is 14.5. The van der Waals surface area contributed by atoms with Crippen LogP contribution in [0.2, 0.25) is 0 Å². The molecule has 0 bridgehead atoms. The van der Waals surface area contributed by atoms with E-state index in [2.05, 4.69) is 11.8 Å². The molecule has 278 valence electrons. The van der Waals surface area contributed by atoms with Gasteiger partial charge in [0, 0.05) is 19.4 Å². The standard InChI is InChI=1S/C41H79NO5/c1-2-3-4-5-22-29-38-46-40(44)32-25-18-14-20-27-34-42(36-37-43)35-28-21-15-19-26-33-41(45)47-39-30-23-16-12-10-8-6-7-9-11-13-17-24-31-39/h39,43H,2-38H2,1H3. The maximum Gasteiger partial charge on any atom is 0.306 e. The third-order valence-electron chi connectivity index (χ3n) is 9.99. The van der Waals surface area contributed by atoms with Crippen LogP contribution in [0.3, 0.4) is 0 Å². The minimum Gasteiger partial charge on any atom is -0.466 e. The summed E-state index contributed by atoms with van der Waals surface area (Å²) in [6.45, 7) is 5.84. The third kappa shape index (κ3) is 30.6. The molecule has 0 saturated heterocycles. The maximum atomic E-state index is 12.6. The second-order valence-corrected chi connectivity index (χ2v) is 14.5. The van der Waals surface area contributed by atoms with Crippen molar-refractivity contribution in [1.82, 2.24) is 4.90 Å². The Kier molecular flexibility index (Phi) is 32.4. The van der Waals surface area contributed by atoms with Gasteiger partial charge in [-0.05, 0) is 70.9 Å². The van der Waals surface area contributed by atoms with Crippen molar-refractivity contribution in [2.75, 3.05) is 32.8 Å². The van der Waals surface area contributed by atoms with E-state index >= 15 is 0 Å². The van der Waals surface area contributed by atoms with E-state index < -0.39 is 0 Å². The van der Waals surface area contributed by atoms with Gasteiger partial charge in [-0.25, -0.2) is 0 Å². The number of carbonyl (C=O) groups excluding carboxylic acids is 2. The second kappa shape index (κ2) is 34.7. The van der Waals surface area contributed by atoms with E-state index in [9.17, 15) is 14.7 Å². The number of rotatable bonds is 26. The Morgan fingerprint density at radius 3 is 1.47 bits per heavy atom. The van der Waals surface area contributed by atoms with Gasteiger partial charge in [-0.15, -0.1) is 0 Å².